The van der Waals surface area contributed by atoms with Crippen molar-refractivity contribution in [1.29, 1.82) is 0 Å². The Hall–Kier alpha value is -2.12. The van der Waals surface area contributed by atoms with E-state index in [0.717, 1.165) is 12.8 Å². The summed E-state index contributed by atoms with van der Waals surface area (Å²) in [5, 5.41) is 18.2. The van der Waals surface area contributed by atoms with Crippen LogP contribution in [0.2, 0.25) is 0 Å². The van der Waals surface area contributed by atoms with Gasteiger partial charge in [0.25, 0.3) is 0 Å². The van der Waals surface area contributed by atoms with E-state index in [-0.39, 0.29) is 6.54 Å². The van der Waals surface area contributed by atoms with Crippen LogP contribution in [0.1, 0.15) is 25.7 Å². The number of rotatable bonds is 4. The van der Waals surface area contributed by atoms with E-state index >= 15 is 0 Å². The first kappa shape index (κ1) is 13.3. The molecule has 2 rings (SSSR count). The predicted molar refractivity (Wildman–Crippen MR) is 66.6 cm³/mol. The number of aromatic nitrogens is 3. The molecule has 1 aliphatic carbocycles. The van der Waals surface area contributed by atoms with E-state index in [9.17, 15) is 14.7 Å². The van der Waals surface area contributed by atoms with Crippen molar-refractivity contribution in [3.05, 3.63) is 6.33 Å². The molecule has 0 atom stereocenters. The fourth-order valence-corrected chi connectivity index (χ4v) is 2.32. The van der Waals surface area contributed by atoms with Gasteiger partial charge in [-0.1, -0.05) is 12.8 Å². The molecule has 19 heavy (non-hydrogen) atoms. The first-order valence-electron chi connectivity index (χ1n) is 6.16. The van der Waals surface area contributed by atoms with Crippen molar-refractivity contribution in [3.8, 4) is 0 Å². The number of amides is 2. The van der Waals surface area contributed by atoms with Crippen LogP contribution in [0, 0.1) is 5.41 Å². The molecule has 8 nitrogen and oxygen atoms in total. The van der Waals surface area contributed by atoms with Crippen molar-refractivity contribution in [1.82, 2.24) is 20.1 Å². The van der Waals surface area contributed by atoms with Gasteiger partial charge in [0.1, 0.15) is 6.33 Å². The SMILES string of the molecule is Cn1ncnc1NC(=O)NCC1(C(=O)O)CCCC1. The summed E-state index contributed by atoms with van der Waals surface area (Å²) in [6.07, 6.45) is 4.31. The Bertz CT molecular complexity index is 478. The molecule has 0 bridgehead atoms. The topological polar surface area (TPSA) is 109 Å². The second-order valence-corrected chi connectivity index (χ2v) is 4.81. The molecule has 0 aliphatic heterocycles. The number of carboxylic acids is 1. The lowest BCUT2D eigenvalue weighted by molar-refractivity contribution is -0.148. The average molecular weight is 267 g/mol. The second kappa shape index (κ2) is 5.25. The Labute approximate surface area is 110 Å². The first-order valence-corrected chi connectivity index (χ1v) is 6.16. The molecule has 1 fully saturated rings. The third-order valence-electron chi connectivity index (χ3n) is 3.54. The van der Waals surface area contributed by atoms with Gasteiger partial charge in [0.05, 0.1) is 5.41 Å². The van der Waals surface area contributed by atoms with E-state index in [4.69, 9.17) is 0 Å². The second-order valence-electron chi connectivity index (χ2n) is 4.81. The number of carbonyl (C=O) groups excluding carboxylic acids is 1. The summed E-state index contributed by atoms with van der Waals surface area (Å²) in [7, 11) is 1.65. The fourth-order valence-electron chi connectivity index (χ4n) is 2.32. The molecule has 0 radical (unpaired) electrons. The lowest BCUT2D eigenvalue weighted by Crippen LogP contribution is -2.43. The van der Waals surface area contributed by atoms with Crippen molar-refractivity contribution in [3.63, 3.8) is 0 Å². The predicted octanol–water partition coefficient (Wildman–Crippen LogP) is 0.582. The zero-order valence-corrected chi connectivity index (χ0v) is 10.7. The maximum Gasteiger partial charge on any atom is 0.321 e. The highest BCUT2D eigenvalue weighted by molar-refractivity contribution is 5.88. The van der Waals surface area contributed by atoms with Gasteiger partial charge in [-0.15, -0.1) is 0 Å². The van der Waals surface area contributed by atoms with Gasteiger partial charge in [-0.2, -0.15) is 10.1 Å². The summed E-state index contributed by atoms with van der Waals surface area (Å²) >= 11 is 0. The van der Waals surface area contributed by atoms with Gasteiger partial charge < -0.3 is 10.4 Å². The van der Waals surface area contributed by atoms with Crippen LogP contribution in [0.15, 0.2) is 6.33 Å². The number of carbonyl (C=O) groups is 2. The molecule has 3 N–H and O–H groups in total. The van der Waals surface area contributed by atoms with Gasteiger partial charge in [0.15, 0.2) is 0 Å². The molecule has 2 amide bonds. The minimum Gasteiger partial charge on any atom is -0.481 e. The number of aryl methyl sites for hydroxylation is 1. The third kappa shape index (κ3) is 2.83. The molecule has 8 heteroatoms. The maximum atomic E-state index is 11.7. The molecule has 104 valence electrons. The Balaban J connectivity index is 1.89. The summed E-state index contributed by atoms with van der Waals surface area (Å²) in [6, 6.07) is -0.469. The number of hydrogen-bond acceptors (Lipinski definition) is 4. The van der Waals surface area contributed by atoms with Crippen molar-refractivity contribution < 1.29 is 14.7 Å². The van der Waals surface area contributed by atoms with E-state index in [2.05, 4.69) is 20.7 Å². The fraction of sp³-hybridized carbons (Fsp3) is 0.636. The first-order chi connectivity index (χ1) is 9.03. The number of carboxylic acid groups (broad SMARTS) is 1. The van der Waals surface area contributed by atoms with Gasteiger partial charge >= 0.3 is 12.0 Å². The lowest BCUT2D eigenvalue weighted by atomic mass is 9.86. The van der Waals surface area contributed by atoms with Crippen molar-refractivity contribution >= 4 is 17.9 Å². The molecule has 1 aromatic rings. The quantitative estimate of drug-likeness (QED) is 0.739. The van der Waals surface area contributed by atoms with Gasteiger partial charge in [0, 0.05) is 13.6 Å². The molecule has 0 saturated heterocycles. The molecule has 1 saturated carbocycles. The van der Waals surface area contributed by atoms with Crippen LogP contribution in [0.4, 0.5) is 10.7 Å². The van der Waals surface area contributed by atoms with Crippen molar-refractivity contribution in [2.24, 2.45) is 12.5 Å². The molecule has 0 spiro atoms. The summed E-state index contributed by atoms with van der Waals surface area (Å²) in [5.41, 5.74) is -0.822. The van der Waals surface area contributed by atoms with Crippen molar-refractivity contribution in [2.75, 3.05) is 11.9 Å². The van der Waals surface area contributed by atoms with Crippen LogP contribution in [-0.4, -0.2) is 38.4 Å². The summed E-state index contributed by atoms with van der Waals surface area (Å²) in [4.78, 5) is 26.8. The van der Waals surface area contributed by atoms with Gasteiger partial charge in [-0.25, -0.2) is 9.48 Å². The van der Waals surface area contributed by atoms with Crippen LogP contribution in [0.3, 0.4) is 0 Å². The van der Waals surface area contributed by atoms with Crippen LogP contribution < -0.4 is 10.6 Å². The van der Waals surface area contributed by atoms with Gasteiger partial charge in [0.2, 0.25) is 5.95 Å². The molecule has 0 aromatic carbocycles. The summed E-state index contributed by atoms with van der Waals surface area (Å²) in [6.45, 7) is 0.131. The molecule has 1 aromatic heterocycles. The summed E-state index contributed by atoms with van der Waals surface area (Å²) in [5.74, 6) is -0.530. The number of nitrogens with one attached hydrogen (secondary N) is 2. The molecule has 1 aliphatic rings. The standard InChI is InChI=1S/C11H17N5O3/c1-16-9(13-7-14-16)15-10(19)12-6-11(8(17)18)4-2-3-5-11/h7H,2-6H2,1H3,(H,17,18)(H2,12,13,14,15,19). The molecular formula is C11H17N5O3. The van der Waals surface area contributed by atoms with Crippen LogP contribution in [0.5, 0.6) is 0 Å². The zero-order chi connectivity index (χ0) is 13.9. The Morgan fingerprint density at radius 1 is 1.47 bits per heavy atom. The number of aliphatic carboxylic acids is 1. The minimum absolute atomic E-state index is 0.131. The highest BCUT2D eigenvalue weighted by Gasteiger charge is 2.41. The highest BCUT2D eigenvalue weighted by atomic mass is 16.4. The monoisotopic (exact) mass is 267 g/mol. The van der Waals surface area contributed by atoms with Crippen LogP contribution in [0.25, 0.3) is 0 Å². The summed E-state index contributed by atoms with van der Waals surface area (Å²) < 4.78 is 1.42. The zero-order valence-electron chi connectivity index (χ0n) is 10.7. The largest absolute Gasteiger partial charge is 0.481 e. The van der Waals surface area contributed by atoms with Crippen LogP contribution >= 0.6 is 0 Å². The molecule has 1 heterocycles. The number of urea groups is 1. The Morgan fingerprint density at radius 2 is 2.16 bits per heavy atom. The van der Waals surface area contributed by atoms with Crippen LogP contribution in [-0.2, 0) is 11.8 Å². The van der Waals surface area contributed by atoms with Crippen molar-refractivity contribution in [2.45, 2.75) is 25.7 Å². The average Bonchev–Trinajstić information content (AvgIpc) is 2.98. The van der Waals surface area contributed by atoms with E-state index in [1.165, 1.54) is 11.0 Å². The van der Waals surface area contributed by atoms with Gasteiger partial charge in [-0.3, -0.25) is 10.1 Å². The maximum absolute atomic E-state index is 11.7. The van der Waals surface area contributed by atoms with Gasteiger partial charge in [-0.05, 0) is 12.8 Å². The van der Waals surface area contributed by atoms with E-state index in [0.29, 0.717) is 18.8 Å². The lowest BCUT2D eigenvalue weighted by Gasteiger charge is -2.23. The highest BCUT2D eigenvalue weighted by Crippen LogP contribution is 2.37. The number of anilines is 1. The minimum atomic E-state index is -0.844. The normalized spacial score (nSPS) is 17.1. The van der Waals surface area contributed by atoms with E-state index in [1.807, 2.05) is 0 Å². The number of nitrogens with zero attached hydrogens (tertiary/aromatic N) is 3. The molecule has 0 unspecified atom stereocenters. The Kier molecular flexibility index (Phi) is 3.68. The Morgan fingerprint density at radius 3 is 2.68 bits per heavy atom. The van der Waals surface area contributed by atoms with E-state index in [1.54, 1.807) is 7.05 Å². The van der Waals surface area contributed by atoms with E-state index < -0.39 is 17.4 Å². The smallest absolute Gasteiger partial charge is 0.321 e. The molecular weight excluding hydrogens is 250 g/mol. The third-order valence-corrected chi connectivity index (χ3v) is 3.54. The number of hydrogen-bond donors (Lipinski definition) is 3.